The number of benzene rings is 7. The summed E-state index contributed by atoms with van der Waals surface area (Å²) >= 11 is 0. The molecule has 0 unspecified atom stereocenters. The highest BCUT2D eigenvalue weighted by Gasteiger charge is 2.26. The van der Waals surface area contributed by atoms with Crippen LogP contribution in [-0.2, 0) is 10.8 Å². The molecule has 0 heterocycles. The topological polar surface area (TPSA) is 80.9 Å². The maximum absolute atomic E-state index is 9.54. The number of fused-ring (bicyclic) bond motifs is 2. The summed E-state index contributed by atoms with van der Waals surface area (Å²) in [5, 5.41) is 42.4. The molecule has 0 atom stereocenters. The number of rotatable bonds is 5. The second-order valence-electron chi connectivity index (χ2n) is 13.4. The van der Waals surface area contributed by atoms with E-state index in [1.165, 1.54) is 22.3 Å². The van der Waals surface area contributed by atoms with Crippen LogP contribution in [0.4, 0.5) is 0 Å². The van der Waals surface area contributed by atoms with Crippen molar-refractivity contribution >= 4 is 21.5 Å². The summed E-state index contributed by atoms with van der Waals surface area (Å²) < 4.78 is 0. The van der Waals surface area contributed by atoms with Crippen molar-refractivity contribution in [2.24, 2.45) is 0 Å². The molecule has 0 aliphatic rings. The quantitative estimate of drug-likeness (QED) is 0.152. The van der Waals surface area contributed by atoms with Crippen molar-refractivity contribution in [3.8, 4) is 34.1 Å². The van der Waals surface area contributed by atoms with Crippen LogP contribution in [0.2, 0.25) is 0 Å². The van der Waals surface area contributed by atoms with Crippen LogP contribution in [0, 0.1) is 0 Å². The van der Waals surface area contributed by atoms with Crippen molar-refractivity contribution in [2.75, 3.05) is 0 Å². The van der Waals surface area contributed by atoms with Crippen molar-refractivity contribution in [1.29, 1.82) is 0 Å². The lowest BCUT2D eigenvalue weighted by Gasteiger charge is -2.29. The summed E-state index contributed by atoms with van der Waals surface area (Å²) in [5.74, 6) is 1.14. The maximum Gasteiger partial charge on any atom is 0.116 e. The molecule has 7 aromatic carbocycles. The third-order valence-corrected chi connectivity index (χ3v) is 9.49. The molecule has 0 bridgehead atoms. The van der Waals surface area contributed by atoms with Gasteiger partial charge >= 0.3 is 0 Å². The molecule has 0 radical (unpaired) electrons. The van der Waals surface area contributed by atoms with Gasteiger partial charge in [-0.3, -0.25) is 0 Å². The van der Waals surface area contributed by atoms with Crippen LogP contribution in [0.3, 0.4) is 0 Å². The van der Waals surface area contributed by atoms with Gasteiger partial charge in [-0.05, 0) is 116 Å². The number of aromatic hydroxyl groups is 4. The molecule has 4 heteroatoms. The minimum atomic E-state index is -0.144. The van der Waals surface area contributed by atoms with E-state index in [9.17, 15) is 20.4 Å². The van der Waals surface area contributed by atoms with Crippen LogP contribution >= 0.6 is 0 Å². The summed E-state index contributed by atoms with van der Waals surface area (Å²) in [7, 11) is 0. The van der Waals surface area contributed by atoms with Gasteiger partial charge in [0.1, 0.15) is 23.0 Å². The van der Waals surface area contributed by atoms with Gasteiger partial charge in [0, 0.05) is 10.8 Å². The lowest BCUT2D eigenvalue weighted by molar-refractivity contribution is 0.473. The first-order chi connectivity index (χ1) is 22.9. The van der Waals surface area contributed by atoms with Crippen LogP contribution < -0.4 is 0 Å². The summed E-state index contributed by atoms with van der Waals surface area (Å²) in [6.45, 7) is 8.78. The summed E-state index contributed by atoms with van der Waals surface area (Å²) in [6.07, 6.45) is 0. The first-order valence-corrected chi connectivity index (χ1v) is 16.1. The van der Waals surface area contributed by atoms with E-state index in [0.717, 1.165) is 32.7 Å². The normalized spacial score (nSPS) is 11.7. The van der Waals surface area contributed by atoms with E-state index in [1.807, 2.05) is 48.5 Å². The van der Waals surface area contributed by atoms with E-state index >= 15 is 0 Å². The number of hydrogen-bond acceptors (Lipinski definition) is 4. The van der Waals surface area contributed by atoms with Gasteiger partial charge < -0.3 is 20.4 Å². The molecule has 4 N–H and O–H groups in total. The number of hydrogen-bond donors (Lipinski definition) is 4. The van der Waals surface area contributed by atoms with E-state index in [-0.39, 0.29) is 33.8 Å². The van der Waals surface area contributed by atoms with Gasteiger partial charge in [0.05, 0.1) is 0 Å². The van der Waals surface area contributed by atoms with Crippen molar-refractivity contribution in [1.82, 2.24) is 0 Å². The first kappa shape index (κ1) is 32.2. The SMILES string of the molecule is CC(C)(c1ccc(O)cc1)c1ccc(C(C)(C)c2ccc(O)cc2)cc1.Oc1ccc2cc(-c3ccc4cc(O)ccc4c3)ccc2c1. The summed E-state index contributed by atoms with van der Waals surface area (Å²) in [4.78, 5) is 0. The lowest BCUT2D eigenvalue weighted by atomic mass is 9.74. The fraction of sp³-hybridized carbons (Fsp3) is 0.136. The van der Waals surface area contributed by atoms with E-state index in [0.29, 0.717) is 0 Å². The number of phenols is 4. The highest BCUT2D eigenvalue weighted by atomic mass is 16.3. The van der Waals surface area contributed by atoms with E-state index in [4.69, 9.17) is 0 Å². The fourth-order valence-electron chi connectivity index (χ4n) is 6.22. The molecule has 240 valence electrons. The molecule has 0 fully saturated rings. The highest BCUT2D eigenvalue weighted by molar-refractivity contribution is 5.92. The predicted molar refractivity (Wildman–Crippen MR) is 197 cm³/mol. The standard InChI is InChI=1S/C24H26O2.C20H14O2/c1-23(2,19-9-13-21(25)14-10-19)17-5-7-18(8-6-17)24(3,4)20-11-15-22(26)16-12-20;21-19-7-5-15-9-13(1-3-17(15)11-19)14-2-4-18-12-20(22)8-6-16(18)10-14/h5-16,25-26H,1-4H3;1-12,21-22H. The second-order valence-corrected chi connectivity index (χ2v) is 13.4. The Hall–Kier alpha value is -5.74. The predicted octanol–water partition coefficient (Wildman–Crippen LogP) is 10.8. The zero-order valence-corrected chi connectivity index (χ0v) is 27.6. The molecule has 0 saturated carbocycles. The third kappa shape index (κ3) is 6.70. The van der Waals surface area contributed by atoms with Crippen molar-refractivity contribution < 1.29 is 20.4 Å². The van der Waals surface area contributed by atoms with Gasteiger partial charge in [-0.25, -0.2) is 0 Å². The van der Waals surface area contributed by atoms with Gasteiger partial charge in [-0.15, -0.1) is 0 Å². The average Bonchev–Trinajstić information content (AvgIpc) is 3.08. The Kier molecular flexibility index (Phi) is 8.59. The van der Waals surface area contributed by atoms with Gasteiger partial charge in [0.2, 0.25) is 0 Å². The van der Waals surface area contributed by atoms with E-state index in [1.54, 1.807) is 48.5 Å². The van der Waals surface area contributed by atoms with Gasteiger partial charge in [-0.2, -0.15) is 0 Å². The average molecular weight is 633 g/mol. The Labute approximate surface area is 281 Å². The molecular weight excluding hydrogens is 592 g/mol. The zero-order valence-electron chi connectivity index (χ0n) is 27.6. The van der Waals surface area contributed by atoms with Crippen LogP contribution in [0.5, 0.6) is 23.0 Å². The minimum Gasteiger partial charge on any atom is -0.508 e. The minimum absolute atomic E-state index is 0.144. The highest BCUT2D eigenvalue weighted by Crippen LogP contribution is 2.36. The molecule has 0 saturated heterocycles. The first-order valence-electron chi connectivity index (χ1n) is 16.1. The molecule has 0 aromatic heterocycles. The third-order valence-electron chi connectivity index (χ3n) is 9.49. The van der Waals surface area contributed by atoms with Gasteiger partial charge in [0.25, 0.3) is 0 Å². The largest absolute Gasteiger partial charge is 0.508 e. The molecule has 0 aliphatic carbocycles. The monoisotopic (exact) mass is 632 g/mol. The van der Waals surface area contributed by atoms with Crippen LogP contribution in [0.1, 0.15) is 49.9 Å². The summed E-state index contributed by atoms with van der Waals surface area (Å²) in [6, 6.07) is 46.8. The van der Waals surface area contributed by atoms with Crippen molar-refractivity contribution in [3.63, 3.8) is 0 Å². The molecule has 48 heavy (non-hydrogen) atoms. The van der Waals surface area contributed by atoms with Gasteiger partial charge in [0.15, 0.2) is 0 Å². The fourth-order valence-corrected chi connectivity index (χ4v) is 6.22. The Morgan fingerprint density at radius 2 is 0.542 bits per heavy atom. The molecule has 4 nitrogen and oxygen atoms in total. The Bertz CT molecular complexity index is 2030. The summed E-state index contributed by atoms with van der Waals surface area (Å²) in [5.41, 5.74) is 6.77. The smallest absolute Gasteiger partial charge is 0.116 e. The van der Waals surface area contributed by atoms with Crippen molar-refractivity contribution in [2.45, 2.75) is 38.5 Å². The van der Waals surface area contributed by atoms with E-state index in [2.05, 4.69) is 76.2 Å². The number of phenolic OH excluding ortho intramolecular Hbond substituents is 4. The van der Waals surface area contributed by atoms with Crippen molar-refractivity contribution in [3.05, 3.63) is 168 Å². The zero-order chi connectivity index (χ0) is 34.1. The van der Waals surface area contributed by atoms with Crippen LogP contribution in [0.15, 0.2) is 146 Å². The Morgan fingerprint density at radius 3 is 0.875 bits per heavy atom. The molecule has 7 aromatic rings. The maximum atomic E-state index is 9.54. The molecule has 0 aliphatic heterocycles. The second kappa shape index (κ2) is 12.8. The van der Waals surface area contributed by atoms with Crippen LogP contribution in [-0.4, -0.2) is 20.4 Å². The molecule has 7 rings (SSSR count). The molecule has 0 spiro atoms. The Balaban J connectivity index is 0.000000169. The molecular formula is C44H40O4. The van der Waals surface area contributed by atoms with E-state index < -0.39 is 0 Å². The van der Waals surface area contributed by atoms with Crippen LogP contribution in [0.25, 0.3) is 32.7 Å². The Morgan fingerprint density at radius 1 is 0.292 bits per heavy atom. The van der Waals surface area contributed by atoms with Gasteiger partial charge in [-0.1, -0.05) is 113 Å². The molecule has 0 amide bonds. The lowest BCUT2D eigenvalue weighted by Crippen LogP contribution is -2.21.